The fraction of sp³-hybridized carbons (Fsp3) is 0.250. The van der Waals surface area contributed by atoms with Crippen LogP contribution in [0.3, 0.4) is 0 Å². The molecule has 33 heavy (non-hydrogen) atoms. The summed E-state index contributed by atoms with van der Waals surface area (Å²) in [4.78, 5) is 26.7. The van der Waals surface area contributed by atoms with Crippen molar-refractivity contribution in [3.05, 3.63) is 82.8 Å². The molecule has 4 aromatic rings. The first-order chi connectivity index (χ1) is 16.1. The summed E-state index contributed by atoms with van der Waals surface area (Å²) in [5.74, 6) is 0.470. The van der Waals surface area contributed by atoms with Crippen LogP contribution in [0.5, 0.6) is 5.75 Å². The van der Waals surface area contributed by atoms with Crippen LogP contribution >= 0.6 is 0 Å². The number of aromatic amines is 1. The van der Waals surface area contributed by atoms with Gasteiger partial charge in [-0.05, 0) is 37.1 Å². The average molecular weight is 445 g/mol. The van der Waals surface area contributed by atoms with Crippen LogP contribution in [0.25, 0.3) is 16.9 Å². The lowest BCUT2D eigenvalue weighted by molar-refractivity contribution is 0.0706. The van der Waals surface area contributed by atoms with E-state index in [1.54, 1.807) is 18.0 Å². The number of hydrogen-bond acceptors (Lipinski definition) is 6. The Morgan fingerprint density at radius 1 is 1.12 bits per heavy atom. The largest absolute Gasteiger partial charge is 0.497 e. The molecule has 2 aromatic heterocycles. The zero-order valence-electron chi connectivity index (χ0n) is 18.1. The number of ether oxygens (including phenoxy) is 1. The topological polar surface area (TPSA) is 106 Å². The summed E-state index contributed by atoms with van der Waals surface area (Å²) < 4.78 is 12.2. The monoisotopic (exact) mass is 445 g/mol. The van der Waals surface area contributed by atoms with Crippen molar-refractivity contribution in [1.29, 1.82) is 0 Å². The smallest absolute Gasteiger partial charge is 0.434 e. The van der Waals surface area contributed by atoms with E-state index >= 15 is 0 Å². The minimum absolute atomic E-state index is 0.0119. The second-order valence-corrected chi connectivity index (χ2v) is 7.92. The van der Waals surface area contributed by atoms with Gasteiger partial charge in [0.05, 0.1) is 18.4 Å². The van der Waals surface area contributed by atoms with Crippen LogP contribution in [0.1, 0.15) is 35.0 Å². The molecule has 3 heterocycles. The molecule has 1 fully saturated rings. The van der Waals surface area contributed by atoms with E-state index in [0.29, 0.717) is 48.8 Å². The minimum atomic E-state index is -0.556. The third-order valence-electron chi connectivity index (χ3n) is 5.89. The number of H-pyrrole nitrogens is 1. The number of nitrogens with zero attached hydrogens (tertiary/aromatic N) is 4. The van der Waals surface area contributed by atoms with E-state index in [9.17, 15) is 9.59 Å². The first kappa shape index (κ1) is 20.7. The lowest BCUT2D eigenvalue weighted by Gasteiger charge is -2.30. The van der Waals surface area contributed by atoms with Crippen molar-refractivity contribution in [2.75, 3.05) is 20.2 Å². The lowest BCUT2D eigenvalue weighted by atomic mass is 9.96. The zero-order chi connectivity index (χ0) is 22.8. The highest BCUT2D eigenvalue weighted by molar-refractivity contribution is 6.00. The van der Waals surface area contributed by atoms with Crippen molar-refractivity contribution in [2.45, 2.75) is 18.8 Å². The highest BCUT2D eigenvalue weighted by Crippen LogP contribution is 2.30. The van der Waals surface area contributed by atoms with Crippen LogP contribution in [0.2, 0.25) is 0 Å². The van der Waals surface area contributed by atoms with Crippen LogP contribution in [-0.4, -0.2) is 51.0 Å². The van der Waals surface area contributed by atoms with E-state index in [2.05, 4.69) is 10.2 Å². The molecule has 9 heteroatoms. The molecule has 1 aliphatic rings. The van der Waals surface area contributed by atoms with E-state index in [-0.39, 0.29) is 11.8 Å². The Morgan fingerprint density at radius 2 is 1.91 bits per heavy atom. The maximum atomic E-state index is 13.6. The summed E-state index contributed by atoms with van der Waals surface area (Å²) in [6.45, 7) is 1.07. The first-order valence-corrected chi connectivity index (χ1v) is 10.8. The molecule has 168 valence electrons. The van der Waals surface area contributed by atoms with Gasteiger partial charge in [-0.25, -0.2) is 14.6 Å². The predicted molar refractivity (Wildman–Crippen MR) is 121 cm³/mol. The van der Waals surface area contributed by atoms with Gasteiger partial charge in [-0.1, -0.05) is 30.3 Å². The van der Waals surface area contributed by atoms with Gasteiger partial charge >= 0.3 is 5.76 Å². The van der Waals surface area contributed by atoms with Crippen LogP contribution in [0.15, 0.2) is 70.0 Å². The van der Waals surface area contributed by atoms with Crippen molar-refractivity contribution >= 4 is 5.91 Å². The number of piperidine rings is 1. The Labute approximate surface area is 189 Å². The number of aromatic nitrogens is 4. The molecule has 1 N–H and O–H groups in total. The van der Waals surface area contributed by atoms with Crippen LogP contribution in [-0.2, 0) is 0 Å². The van der Waals surface area contributed by atoms with Gasteiger partial charge in [-0.3, -0.25) is 4.79 Å². The van der Waals surface area contributed by atoms with Crippen molar-refractivity contribution in [2.24, 2.45) is 0 Å². The highest BCUT2D eigenvalue weighted by Gasteiger charge is 2.30. The molecule has 1 saturated heterocycles. The molecule has 5 rings (SSSR count). The Balaban J connectivity index is 1.45. The number of likely N-dealkylation sites (tertiary alicyclic amines) is 1. The maximum Gasteiger partial charge on any atom is 0.434 e. The van der Waals surface area contributed by atoms with E-state index in [1.165, 1.54) is 0 Å². The molecule has 1 aliphatic heterocycles. The van der Waals surface area contributed by atoms with Gasteiger partial charge in [0.25, 0.3) is 5.91 Å². The van der Waals surface area contributed by atoms with Crippen molar-refractivity contribution in [3.8, 4) is 22.7 Å². The van der Waals surface area contributed by atoms with E-state index in [1.807, 2.05) is 59.5 Å². The molecule has 0 bridgehead atoms. The molecule has 9 nitrogen and oxygen atoms in total. The Bertz CT molecular complexity index is 1320. The third kappa shape index (κ3) is 4.17. The Morgan fingerprint density at radius 3 is 2.61 bits per heavy atom. The molecule has 0 spiro atoms. The maximum absolute atomic E-state index is 13.6. The molecule has 0 saturated carbocycles. The number of hydrogen-bond donors (Lipinski definition) is 1. The molecule has 0 unspecified atom stereocenters. The fourth-order valence-electron chi connectivity index (χ4n) is 4.14. The summed E-state index contributed by atoms with van der Waals surface area (Å²) >= 11 is 0. The van der Waals surface area contributed by atoms with Crippen LogP contribution in [0, 0.1) is 0 Å². The summed E-state index contributed by atoms with van der Waals surface area (Å²) in [6, 6.07) is 17.2. The molecular formula is C24H23N5O4. The van der Waals surface area contributed by atoms with Gasteiger partial charge in [0.15, 0.2) is 0 Å². The Hall–Kier alpha value is -4.14. The quantitative estimate of drug-likeness (QED) is 0.506. The summed E-state index contributed by atoms with van der Waals surface area (Å²) in [7, 11) is 1.61. The SMILES string of the molecule is COc1cccc(-c2nn(-c3ccccc3)cc2C(=O)N2CCC(c3n[nH]c(=O)o3)CC2)c1. The fourth-order valence-corrected chi connectivity index (χ4v) is 4.14. The number of methoxy groups -OCH3 is 1. The van der Waals surface area contributed by atoms with Gasteiger partial charge in [0.1, 0.15) is 11.4 Å². The summed E-state index contributed by atoms with van der Waals surface area (Å²) in [5, 5.41) is 11.0. The van der Waals surface area contributed by atoms with Crippen LogP contribution < -0.4 is 10.5 Å². The number of benzene rings is 2. The number of para-hydroxylation sites is 1. The van der Waals surface area contributed by atoms with Crippen molar-refractivity contribution in [1.82, 2.24) is 24.9 Å². The molecular weight excluding hydrogens is 422 g/mol. The molecule has 1 amide bonds. The number of amides is 1. The van der Waals surface area contributed by atoms with Gasteiger partial charge in [0, 0.05) is 30.8 Å². The second kappa shape index (κ2) is 8.78. The van der Waals surface area contributed by atoms with Gasteiger partial charge < -0.3 is 14.1 Å². The first-order valence-electron chi connectivity index (χ1n) is 10.8. The number of carbonyl (C=O) groups excluding carboxylic acids is 1. The van der Waals surface area contributed by atoms with Gasteiger partial charge in [-0.2, -0.15) is 5.10 Å². The zero-order valence-corrected chi connectivity index (χ0v) is 18.1. The molecule has 0 atom stereocenters. The Kier molecular flexibility index (Phi) is 5.52. The standard InChI is InChI=1S/C24H23N5O4/c1-32-19-9-5-6-17(14-19)21-20(15-29(27-21)18-7-3-2-4-8-18)23(30)28-12-10-16(11-13-28)22-25-26-24(31)33-22/h2-9,14-16H,10-13H2,1H3,(H,26,31). The normalized spacial score (nSPS) is 14.4. The molecule has 0 radical (unpaired) electrons. The van der Waals surface area contributed by atoms with Gasteiger partial charge in [0.2, 0.25) is 5.89 Å². The number of rotatable bonds is 5. The summed E-state index contributed by atoms with van der Waals surface area (Å²) in [5.41, 5.74) is 2.80. The average Bonchev–Trinajstić information content (AvgIpc) is 3.51. The molecule has 0 aliphatic carbocycles. The van der Waals surface area contributed by atoms with E-state index < -0.39 is 5.76 Å². The van der Waals surface area contributed by atoms with E-state index in [4.69, 9.17) is 14.3 Å². The van der Waals surface area contributed by atoms with Crippen molar-refractivity contribution in [3.63, 3.8) is 0 Å². The predicted octanol–water partition coefficient (Wildman–Crippen LogP) is 3.24. The van der Waals surface area contributed by atoms with Crippen LogP contribution in [0.4, 0.5) is 0 Å². The second-order valence-electron chi connectivity index (χ2n) is 7.92. The van der Waals surface area contributed by atoms with Crippen molar-refractivity contribution < 1.29 is 13.9 Å². The third-order valence-corrected chi connectivity index (χ3v) is 5.89. The highest BCUT2D eigenvalue weighted by atomic mass is 16.5. The molecule has 2 aromatic carbocycles. The van der Waals surface area contributed by atoms with E-state index in [0.717, 1.165) is 11.3 Å². The summed E-state index contributed by atoms with van der Waals surface area (Å²) in [6.07, 6.45) is 3.12. The number of carbonyl (C=O) groups is 1. The number of nitrogens with one attached hydrogen (secondary N) is 1. The minimum Gasteiger partial charge on any atom is -0.497 e. The lowest BCUT2D eigenvalue weighted by Crippen LogP contribution is -2.38. The van der Waals surface area contributed by atoms with Gasteiger partial charge in [-0.15, -0.1) is 5.10 Å².